The number of halogens is 1. The average molecular weight is 221 g/mol. The van der Waals surface area contributed by atoms with Gasteiger partial charge in [-0.2, -0.15) is 0 Å². The molecule has 0 atom stereocenters. The molecule has 86 valence electrons. The smallest absolute Gasteiger partial charge is 0.231 e. The molecule has 0 saturated carbocycles. The zero-order valence-corrected chi connectivity index (χ0v) is 10.1. The lowest BCUT2D eigenvalue weighted by atomic mass is 9.85. The maximum atomic E-state index is 13.9. The van der Waals surface area contributed by atoms with E-state index in [9.17, 15) is 9.18 Å². The van der Waals surface area contributed by atoms with Gasteiger partial charge in [-0.15, -0.1) is 0 Å². The van der Waals surface area contributed by atoms with Crippen LogP contribution in [0.2, 0.25) is 0 Å². The van der Waals surface area contributed by atoms with E-state index < -0.39 is 0 Å². The SMILES string of the molecule is CN1C(=O)Cc2cc(C(C)(C)C)c(F)cc21. The van der Waals surface area contributed by atoms with Crippen LogP contribution in [0.5, 0.6) is 0 Å². The summed E-state index contributed by atoms with van der Waals surface area (Å²) in [4.78, 5) is 13.0. The van der Waals surface area contributed by atoms with Gasteiger partial charge in [0.15, 0.2) is 0 Å². The monoisotopic (exact) mass is 221 g/mol. The molecule has 0 saturated heterocycles. The fourth-order valence-electron chi connectivity index (χ4n) is 2.05. The van der Waals surface area contributed by atoms with Gasteiger partial charge >= 0.3 is 0 Å². The topological polar surface area (TPSA) is 20.3 Å². The highest BCUT2D eigenvalue weighted by Crippen LogP contribution is 2.34. The van der Waals surface area contributed by atoms with Crippen LogP contribution < -0.4 is 4.90 Å². The van der Waals surface area contributed by atoms with E-state index in [-0.39, 0.29) is 17.1 Å². The molecular formula is C13H16FNO. The van der Waals surface area contributed by atoms with Gasteiger partial charge in [-0.3, -0.25) is 4.79 Å². The number of anilines is 1. The first-order chi connectivity index (χ1) is 7.30. The third-order valence-corrected chi connectivity index (χ3v) is 3.05. The van der Waals surface area contributed by atoms with Crippen LogP contribution >= 0.6 is 0 Å². The van der Waals surface area contributed by atoms with Crippen molar-refractivity contribution in [2.24, 2.45) is 0 Å². The second kappa shape index (κ2) is 3.30. The first kappa shape index (κ1) is 11.1. The number of amides is 1. The Morgan fingerprint density at radius 1 is 1.31 bits per heavy atom. The van der Waals surface area contributed by atoms with Crippen LogP contribution in [0.4, 0.5) is 10.1 Å². The lowest BCUT2D eigenvalue weighted by molar-refractivity contribution is -0.117. The molecule has 1 amide bonds. The van der Waals surface area contributed by atoms with Crippen molar-refractivity contribution >= 4 is 11.6 Å². The lowest BCUT2D eigenvalue weighted by Gasteiger charge is -2.21. The first-order valence-corrected chi connectivity index (χ1v) is 5.40. The Balaban J connectivity index is 2.57. The Bertz CT molecular complexity index is 460. The molecule has 1 heterocycles. The molecule has 3 heteroatoms. The Hall–Kier alpha value is -1.38. The standard InChI is InChI=1S/C13H16FNO/c1-13(2,3)9-5-8-6-12(16)15(4)11(8)7-10(9)14/h5,7H,6H2,1-4H3. The molecule has 0 aromatic heterocycles. The predicted molar refractivity (Wildman–Crippen MR) is 62.2 cm³/mol. The van der Waals surface area contributed by atoms with E-state index in [1.54, 1.807) is 7.05 Å². The summed E-state index contributed by atoms with van der Waals surface area (Å²) in [7, 11) is 1.68. The molecule has 0 spiro atoms. The summed E-state index contributed by atoms with van der Waals surface area (Å²) in [5.41, 5.74) is 2.08. The van der Waals surface area contributed by atoms with E-state index in [4.69, 9.17) is 0 Å². The van der Waals surface area contributed by atoms with Crippen molar-refractivity contribution in [2.45, 2.75) is 32.6 Å². The molecule has 0 bridgehead atoms. The number of carbonyl (C=O) groups excluding carboxylic acids is 1. The van der Waals surface area contributed by atoms with Crippen molar-refractivity contribution < 1.29 is 9.18 Å². The molecule has 0 radical (unpaired) electrons. The maximum absolute atomic E-state index is 13.9. The van der Waals surface area contributed by atoms with E-state index in [1.807, 2.05) is 26.8 Å². The van der Waals surface area contributed by atoms with Gasteiger partial charge in [0.2, 0.25) is 5.91 Å². The predicted octanol–water partition coefficient (Wildman–Crippen LogP) is 2.64. The van der Waals surface area contributed by atoms with E-state index in [1.165, 1.54) is 11.0 Å². The summed E-state index contributed by atoms with van der Waals surface area (Å²) in [6, 6.07) is 3.30. The summed E-state index contributed by atoms with van der Waals surface area (Å²) in [5, 5.41) is 0. The third kappa shape index (κ3) is 1.60. The molecule has 2 nitrogen and oxygen atoms in total. The van der Waals surface area contributed by atoms with Crippen molar-refractivity contribution in [1.29, 1.82) is 0 Å². The minimum absolute atomic E-state index is 0.0282. The summed E-state index contributed by atoms with van der Waals surface area (Å²) >= 11 is 0. The highest BCUT2D eigenvalue weighted by Gasteiger charge is 2.28. The highest BCUT2D eigenvalue weighted by atomic mass is 19.1. The fourth-order valence-corrected chi connectivity index (χ4v) is 2.05. The van der Waals surface area contributed by atoms with Crippen molar-refractivity contribution in [3.63, 3.8) is 0 Å². The van der Waals surface area contributed by atoms with Gasteiger partial charge in [0, 0.05) is 12.7 Å². The third-order valence-electron chi connectivity index (χ3n) is 3.05. The summed E-state index contributed by atoms with van der Waals surface area (Å²) in [6.07, 6.45) is 0.384. The zero-order chi connectivity index (χ0) is 12.1. The molecule has 0 fully saturated rings. The van der Waals surface area contributed by atoms with Gasteiger partial charge in [0.1, 0.15) is 5.82 Å². The maximum Gasteiger partial charge on any atom is 0.231 e. The van der Waals surface area contributed by atoms with Gasteiger partial charge in [-0.1, -0.05) is 20.8 Å². The second-order valence-corrected chi connectivity index (χ2v) is 5.34. The lowest BCUT2D eigenvalue weighted by Crippen LogP contribution is -2.20. The van der Waals surface area contributed by atoms with E-state index in [2.05, 4.69) is 0 Å². The average Bonchev–Trinajstić information content (AvgIpc) is 2.41. The van der Waals surface area contributed by atoms with Gasteiger partial charge in [-0.25, -0.2) is 4.39 Å². The van der Waals surface area contributed by atoms with Crippen molar-refractivity contribution in [2.75, 3.05) is 11.9 Å². The van der Waals surface area contributed by atoms with E-state index in [0.717, 1.165) is 5.56 Å². The molecule has 0 unspecified atom stereocenters. The van der Waals surface area contributed by atoms with E-state index >= 15 is 0 Å². The molecule has 1 aromatic carbocycles. The summed E-state index contributed by atoms with van der Waals surface area (Å²) in [6.45, 7) is 5.91. The van der Waals surface area contributed by atoms with Crippen molar-refractivity contribution in [3.05, 3.63) is 29.1 Å². The fraction of sp³-hybridized carbons (Fsp3) is 0.462. The largest absolute Gasteiger partial charge is 0.315 e. The quantitative estimate of drug-likeness (QED) is 0.659. The Labute approximate surface area is 95.1 Å². The molecule has 0 aliphatic carbocycles. The molecule has 1 aliphatic rings. The minimum Gasteiger partial charge on any atom is -0.315 e. The van der Waals surface area contributed by atoms with Crippen LogP contribution in [0.1, 0.15) is 31.9 Å². The van der Waals surface area contributed by atoms with Crippen LogP contribution in [0.25, 0.3) is 0 Å². The number of fused-ring (bicyclic) bond motifs is 1. The molecule has 2 rings (SSSR count). The number of likely N-dealkylation sites (N-methyl/N-ethyl adjacent to an activating group) is 1. The Morgan fingerprint density at radius 2 is 1.94 bits per heavy atom. The van der Waals surface area contributed by atoms with Gasteiger partial charge < -0.3 is 4.90 Å². The number of benzene rings is 1. The molecule has 1 aliphatic heterocycles. The van der Waals surface area contributed by atoms with Gasteiger partial charge in [0.25, 0.3) is 0 Å². The number of hydrogen-bond donors (Lipinski definition) is 0. The van der Waals surface area contributed by atoms with Crippen molar-refractivity contribution in [1.82, 2.24) is 0 Å². The molecular weight excluding hydrogens is 205 g/mol. The number of rotatable bonds is 0. The minimum atomic E-state index is -0.233. The summed E-state index contributed by atoms with van der Waals surface area (Å²) < 4.78 is 13.9. The Kier molecular flexibility index (Phi) is 2.30. The van der Waals surface area contributed by atoms with Crippen LogP contribution in [-0.4, -0.2) is 13.0 Å². The number of nitrogens with zero attached hydrogens (tertiary/aromatic N) is 1. The van der Waals surface area contributed by atoms with Crippen LogP contribution in [-0.2, 0) is 16.6 Å². The second-order valence-electron chi connectivity index (χ2n) is 5.34. The molecule has 16 heavy (non-hydrogen) atoms. The van der Waals surface area contributed by atoms with Crippen LogP contribution in [0.3, 0.4) is 0 Å². The zero-order valence-electron chi connectivity index (χ0n) is 10.1. The van der Waals surface area contributed by atoms with Gasteiger partial charge in [0.05, 0.1) is 6.42 Å². The molecule has 0 N–H and O–H groups in total. The van der Waals surface area contributed by atoms with E-state index in [0.29, 0.717) is 17.7 Å². The molecule has 1 aromatic rings. The van der Waals surface area contributed by atoms with Gasteiger partial charge in [-0.05, 0) is 28.7 Å². The number of hydrogen-bond acceptors (Lipinski definition) is 1. The summed E-state index contributed by atoms with van der Waals surface area (Å²) in [5.74, 6) is -0.201. The first-order valence-electron chi connectivity index (χ1n) is 5.40. The van der Waals surface area contributed by atoms with Crippen LogP contribution in [0.15, 0.2) is 12.1 Å². The number of carbonyl (C=O) groups is 1. The van der Waals surface area contributed by atoms with Crippen molar-refractivity contribution in [3.8, 4) is 0 Å². The Morgan fingerprint density at radius 3 is 2.50 bits per heavy atom. The highest BCUT2D eigenvalue weighted by molar-refractivity contribution is 6.01. The normalized spacial score (nSPS) is 15.6. The van der Waals surface area contributed by atoms with Crippen LogP contribution in [0, 0.1) is 5.82 Å².